The first-order chi connectivity index (χ1) is 12.1. The molecule has 0 aliphatic heterocycles. The third-order valence-corrected chi connectivity index (χ3v) is 6.36. The van der Waals surface area contributed by atoms with E-state index in [1.54, 1.807) is 13.0 Å². The molecule has 9 heteroatoms. The van der Waals surface area contributed by atoms with Crippen LogP contribution in [-0.4, -0.2) is 38.0 Å². The Morgan fingerprint density at radius 3 is 2.42 bits per heavy atom. The van der Waals surface area contributed by atoms with Crippen molar-refractivity contribution in [1.29, 1.82) is 0 Å². The molecule has 0 aromatic heterocycles. The Labute approximate surface area is 155 Å². The highest BCUT2D eigenvalue weighted by Crippen LogP contribution is 2.26. The van der Waals surface area contributed by atoms with Gasteiger partial charge < -0.3 is 5.32 Å². The fraction of sp³-hybridized carbons (Fsp3) is 0.235. The van der Waals surface area contributed by atoms with Crippen LogP contribution in [-0.2, 0) is 14.8 Å². The van der Waals surface area contributed by atoms with Gasteiger partial charge in [0.1, 0.15) is 0 Å². The summed E-state index contributed by atoms with van der Waals surface area (Å²) < 4.78 is 51.6. The van der Waals surface area contributed by atoms with Gasteiger partial charge in [-0.2, -0.15) is 0 Å². The first-order valence-corrected chi connectivity index (χ1v) is 9.88. The highest BCUT2D eigenvalue weighted by molar-refractivity contribution is 8.00. The number of benzene rings is 2. The van der Waals surface area contributed by atoms with Crippen LogP contribution in [0.4, 0.5) is 14.5 Å². The lowest BCUT2D eigenvalue weighted by molar-refractivity contribution is -0.115. The maximum Gasteiger partial charge on any atom is 0.242 e. The molecule has 2 rings (SSSR count). The number of carbonyl (C=O) groups excluding carboxylic acids is 1. The maximum absolute atomic E-state index is 13.2. The van der Waals surface area contributed by atoms with Gasteiger partial charge in [0.05, 0.1) is 10.1 Å². The number of carbonyl (C=O) groups is 1. The second kappa shape index (κ2) is 8.15. The molecule has 0 unspecified atom stereocenters. The van der Waals surface area contributed by atoms with Crippen LogP contribution >= 0.6 is 11.8 Å². The van der Waals surface area contributed by atoms with Gasteiger partial charge in [0.15, 0.2) is 11.6 Å². The zero-order valence-electron chi connectivity index (χ0n) is 14.4. The van der Waals surface area contributed by atoms with Crippen LogP contribution in [0.3, 0.4) is 0 Å². The molecule has 0 radical (unpaired) electrons. The van der Waals surface area contributed by atoms with E-state index >= 15 is 0 Å². The summed E-state index contributed by atoms with van der Waals surface area (Å²) in [4.78, 5) is 12.8. The summed E-state index contributed by atoms with van der Waals surface area (Å²) in [6.07, 6.45) is 0. The molecule has 0 aliphatic rings. The molecule has 1 N–H and O–H groups in total. The van der Waals surface area contributed by atoms with E-state index in [4.69, 9.17) is 0 Å². The van der Waals surface area contributed by atoms with Crippen LogP contribution in [0, 0.1) is 11.6 Å². The van der Waals surface area contributed by atoms with Crippen LogP contribution in [0.25, 0.3) is 0 Å². The highest BCUT2D eigenvalue weighted by atomic mass is 32.2. The third-order valence-electron chi connectivity index (χ3n) is 3.45. The van der Waals surface area contributed by atoms with Crippen molar-refractivity contribution in [3.63, 3.8) is 0 Å². The fourth-order valence-electron chi connectivity index (χ4n) is 2.00. The number of nitrogens with zero attached hydrogens (tertiary/aromatic N) is 1. The molecule has 1 amide bonds. The molecule has 26 heavy (non-hydrogen) atoms. The Hall–Kier alpha value is -1.97. The highest BCUT2D eigenvalue weighted by Gasteiger charge is 2.19. The first-order valence-electron chi connectivity index (χ1n) is 7.56. The Morgan fingerprint density at radius 1 is 1.12 bits per heavy atom. The van der Waals surface area contributed by atoms with Gasteiger partial charge in [-0.15, -0.1) is 11.8 Å². The number of amides is 1. The summed E-state index contributed by atoms with van der Waals surface area (Å²) >= 11 is 1.06. The zero-order chi connectivity index (χ0) is 19.5. The van der Waals surface area contributed by atoms with Crippen LogP contribution in [0.1, 0.15) is 6.92 Å². The van der Waals surface area contributed by atoms with E-state index in [2.05, 4.69) is 5.32 Å². The molecule has 140 valence electrons. The number of anilines is 1. The minimum absolute atomic E-state index is 0.0567. The molecule has 0 aliphatic carbocycles. The topological polar surface area (TPSA) is 66.5 Å². The van der Waals surface area contributed by atoms with Crippen molar-refractivity contribution in [3.8, 4) is 0 Å². The fourth-order valence-corrected chi connectivity index (χ4v) is 3.84. The summed E-state index contributed by atoms with van der Waals surface area (Å²) in [5, 5.41) is 2.03. The van der Waals surface area contributed by atoms with Gasteiger partial charge >= 0.3 is 0 Å². The van der Waals surface area contributed by atoms with Crippen molar-refractivity contribution in [2.24, 2.45) is 0 Å². The monoisotopic (exact) mass is 400 g/mol. The van der Waals surface area contributed by atoms with Gasteiger partial charge in [-0.1, -0.05) is 6.07 Å². The number of nitrogens with one attached hydrogen (secondary N) is 1. The number of thioether (sulfide) groups is 1. The second-order valence-corrected chi connectivity index (χ2v) is 9.21. The van der Waals surface area contributed by atoms with Crippen molar-refractivity contribution in [2.45, 2.75) is 22.0 Å². The molecule has 2 aromatic carbocycles. The summed E-state index contributed by atoms with van der Waals surface area (Å²) in [5.74, 6) is -2.33. The van der Waals surface area contributed by atoms with Crippen LogP contribution < -0.4 is 5.32 Å². The number of halogens is 2. The molecule has 0 spiro atoms. The smallest absolute Gasteiger partial charge is 0.242 e. The quantitative estimate of drug-likeness (QED) is 0.756. The number of sulfonamides is 1. The van der Waals surface area contributed by atoms with E-state index in [0.717, 1.165) is 28.2 Å². The standard InChI is InChI=1S/C17H18F2N2O3S2/c1-11(25-13-7-8-15(18)16(19)10-13)17(22)20-12-5-4-6-14(9-12)26(23,24)21(2)3/h4-11H,1-3H3,(H,20,22)/t11-/m1/s1. The SMILES string of the molecule is C[C@@H](Sc1ccc(F)c(F)c1)C(=O)Nc1cccc(S(=O)(=O)N(C)C)c1. The molecule has 0 saturated heterocycles. The van der Waals surface area contributed by atoms with Crippen molar-refractivity contribution in [1.82, 2.24) is 4.31 Å². The van der Waals surface area contributed by atoms with E-state index in [1.165, 1.54) is 38.4 Å². The molecule has 0 saturated carbocycles. The molecule has 5 nitrogen and oxygen atoms in total. The van der Waals surface area contributed by atoms with Gasteiger partial charge in [0, 0.05) is 24.7 Å². The van der Waals surface area contributed by atoms with E-state index in [-0.39, 0.29) is 10.8 Å². The van der Waals surface area contributed by atoms with Crippen LogP contribution in [0.15, 0.2) is 52.3 Å². The normalized spacial score (nSPS) is 12.8. The Kier molecular flexibility index (Phi) is 6.38. The molecule has 0 heterocycles. The largest absolute Gasteiger partial charge is 0.325 e. The van der Waals surface area contributed by atoms with Crippen molar-refractivity contribution in [2.75, 3.05) is 19.4 Å². The predicted octanol–water partition coefficient (Wildman–Crippen LogP) is 3.33. The minimum atomic E-state index is -3.61. The molecule has 0 fully saturated rings. The predicted molar refractivity (Wildman–Crippen MR) is 97.6 cm³/mol. The first kappa shape index (κ1) is 20.3. The number of hydrogen-bond acceptors (Lipinski definition) is 4. The van der Waals surface area contributed by atoms with E-state index < -0.39 is 26.9 Å². The van der Waals surface area contributed by atoms with Crippen molar-refractivity contribution < 1.29 is 22.0 Å². The van der Waals surface area contributed by atoms with E-state index in [0.29, 0.717) is 10.6 Å². The van der Waals surface area contributed by atoms with Gasteiger partial charge in [-0.3, -0.25) is 4.79 Å². The third kappa shape index (κ3) is 4.80. The Bertz CT molecular complexity index is 918. The summed E-state index contributed by atoms with van der Waals surface area (Å²) in [5.41, 5.74) is 0.329. The van der Waals surface area contributed by atoms with E-state index in [1.807, 2.05) is 0 Å². The maximum atomic E-state index is 13.2. The molecule has 0 bridgehead atoms. The van der Waals surface area contributed by atoms with Gasteiger partial charge in [0.2, 0.25) is 15.9 Å². The van der Waals surface area contributed by atoms with E-state index in [9.17, 15) is 22.0 Å². The number of hydrogen-bond donors (Lipinski definition) is 1. The van der Waals surface area contributed by atoms with Crippen molar-refractivity contribution in [3.05, 3.63) is 54.1 Å². The van der Waals surface area contributed by atoms with Crippen LogP contribution in [0.2, 0.25) is 0 Å². The lowest BCUT2D eigenvalue weighted by Crippen LogP contribution is -2.24. The summed E-state index contributed by atoms with van der Waals surface area (Å²) in [6, 6.07) is 9.30. The summed E-state index contributed by atoms with van der Waals surface area (Å²) in [7, 11) is -0.778. The Balaban J connectivity index is 2.10. The van der Waals surface area contributed by atoms with Gasteiger partial charge in [0.25, 0.3) is 0 Å². The minimum Gasteiger partial charge on any atom is -0.325 e. The van der Waals surface area contributed by atoms with Crippen LogP contribution in [0.5, 0.6) is 0 Å². The Morgan fingerprint density at radius 2 is 1.81 bits per heavy atom. The van der Waals surface area contributed by atoms with Crippen molar-refractivity contribution >= 4 is 33.4 Å². The number of rotatable bonds is 6. The molecule has 2 aromatic rings. The second-order valence-electron chi connectivity index (χ2n) is 5.64. The molecular weight excluding hydrogens is 382 g/mol. The average Bonchev–Trinajstić information content (AvgIpc) is 2.58. The lowest BCUT2D eigenvalue weighted by atomic mass is 10.3. The molecule has 1 atom stereocenters. The zero-order valence-corrected chi connectivity index (χ0v) is 16.0. The summed E-state index contributed by atoms with van der Waals surface area (Å²) in [6.45, 7) is 1.61. The lowest BCUT2D eigenvalue weighted by Gasteiger charge is -2.14. The van der Waals surface area contributed by atoms with Gasteiger partial charge in [-0.25, -0.2) is 21.5 Å². The average molecular weight is 400 g/mol. The van der Waals surface area contributed by atoms with Gasteiger partial charge in [-0.05, 0) is 43.3 Å². The molecular formula is C17H18F2N2O3S2.